The summed E-state index contributed by atoms with van der Waals surface area (Å²) in [5, 5.41) is 5.55. The van der Waals surface area contributed by atoms with Gasteiger partial charge in [-0.1, -0.05) is 18.2 Å². The predicted molar refractivity (Wildman–Crippen MR) is 81.7 cm³/mol. The Labute approximate surface area is 117 Å². The second kappa shape index (κ2) is 5.25. The minimum atomic E-state index is 0.844. The summed E-state index contributed by atoms with van der Waals surface area (Å²) in [6.07, 6.45) is 5.30. The van der Waals surface area contributed by atoms with Gasteiger partial charge in [0, 0.05) is 35.5 Å². The Bertz CT molecular complexity index is 747. The number of pyridine rings is 1. The average Bonchev–Trinajstić information content (AvgIpc) is 2.49. The lowest BCUT2D eigenvalue weighted by Crippen LogP contribution is -2.03. The number of aromatic nitrogens is 3. The van der Waals surface area contributed by atoms with Gasteiger partial charge >= 0.3 is 0 Å². The van der Waals surface area contributed by atoms with Crippen LogP contribution in [0.3, 0.4) is 0 Å². The fourth-order valence-corrected chi connectivity index (χ4v) is 2.40. The molecule has 2 aromatic heterocycles. The molecule has 0 atom stereocenters. The molecule has 3 rings (SSSR count). The van der Waals surface area contributed by atoms with Crippen LogP contribution >= 0.6 is 0 Å². The smallest absolute Gasteiger partial charge is 0.132 e. The van der Waals surface area contributed by atoms with Crippen molar-refractivity contribution in [1.82, 2.24) is 15.0 Å². The first-order valence-electron chi connectivity index (χ1n) is 6.70. The third kappa shape index (κ3) is 2.09. The molecule has 0 aliphatic carbocycles. The zero-order valence-corrected chi connectivity index (χ0v) is 11.6. The second-order valence-electron chi connectivity index (χ2n) is 4.63. The second-order valence-corrected chi connectivity index (χ2v) is 4.63. The molecule has 0 radical (unpaired) electrons. The van der Waals surface area contributed by atoms with Gasteiger partial charge in [-0.05, 0) is 25.3 Å². The molecular weight excluding hydrogens is 248 g/mol. The Morgan fingerprint density at radius 3 is 2.90 bits per heavy atom. The normalized spacial score (nSPS) is 10.7. The lowest BCUT2D eigenvalue weighted by Gasteiger charge is -2.12. The molecule has 4 nitrogen and oxygen atoms in total. The van der Waals surface area contributed by atoms with Crippen LogP contribution in [-0.2, 0) is 0 Å². The van der Waals surface area contributed by atoms with E-state index < -0.39 is 0 Å². The van der Waals surface area contributed by atoms with Crippen LogP contribution in [-0.4, -0.2) is 21.5 Å². The van der Waals surface area contributed by atoms with E-state index in [9.17, 15) is 0 Å². The van der Waals surface area contributed by atoms with E-state index in [4.69, 9.17) is 0 Å². The highest BCUT2D eigenvalue weighted by Gasteiger charge is 2.11. The van der Waals surface area contributed by atoms with Crippen molar-refractivity contribution < 1.29 is 0 Å². The van der Waals surface area contributed by atoms with Crippen LogP contribution in [0, 0.1) is 6.92 Å². The molecule has 0 unspecified atom stereocenters. The minimum absolute atomic E-state index is 0.844. The van der Waals surface area contributed by atoms with E-state index in [1.165, 1.54) is 0 Å². The van der Waals surface area contributed by atoms with Gasteiger partial charge in [0.15, 0.2) is 0 Å². The van der Waals surface area contributed by atoms with E-state index in [1.807, 2.05) is 31.5 Å². The average molecular weight is 264 g/mol. The van der Waals surface area contributed by atoms with Crippen molar-refractivity contribution in [3.63, 3.8) is 0 Å². The summed E-state index contributed by atoms with van der Waals surface area (Å²) >= 11 is 0. The number of fused-ring (bicyclic) bond motifs is 1. The monoisotopic (exact) mass is 264 g/mol. The zero-order valence-electron chi connectivity index (χ0n) is 11.6. The quantitative estimate of drug-likeness (QED) is 0.787. The molecule has 0 bridgehead atoms. The first-order valence-corrected chi connectivity index (χ1v) is 6.70. The number of anilines is 1. The first-order chi connectivity index (χ1) is 9.81. The molecule has 0 aliphatic heterocycles. The van der Waals surface area contributed by atoms with Crippen LogP contribution in [0.15, 0.2) is 43.0 Å². The molecule has 3 aromatic rings. The molecule has 0 fully saturated rings. The Morgan fingerprint density at radius 2 is 2.05 bits per heavy atom. The standard InChI is InChI=1S/C16H16N4/c1-3-18-16-11(2)15(19-10-20-16)14-6-4-5-12-9-17-8-7-13(12)14/h4-10H,3H2,1-2H3,(H,18,19,20). The van der Waals surface area contributed by atoms with E-state index in [0.717, 1.165) is 40.0 Å². The summed E-state index contributed by atoms with van der Waals surface area (Å²) in [5.41, 5.74) is 3.15. The van der Waals surface area contributed by atoms with E-state index in [1.54, 1.807) is 6.33 Å². The predicted octanol–water partition coefficient (Wildman–Crippen LogP) is 3.43. The summed E-state index contributed by atoms with van der Waals surface area (Å²) in [6.45, 7) is 4.95. The van der Waals surface area contributed by atoms with Crippen molar-refractivity contribution in [1.29, 1.82) is 0 Å². The number of hydrogen-bond acceptors (Lipinski definition) is 4. The molecule has 2 heterocycles. The van der Waals surface area contributed by atoms with Crippen LogP contribution in [0.25, 0.3) is 22.0 Å². The molecule has 0 spiro atoms. The topological polar surface area (TPSA) is 50.7 Å². The molecular formula is C16H16N4. The van der Waals surface area contributed by atoms with E-state index in [2.05, 4.69) is 39.3 Å². The molecule has 0 saturated heterocycles. The summed E-state index contributed by atoms with van der Waals surface area (Å²) < 4.78 is 0. The van der Waals surface area contributed by atoms with Gasteiger partial charge in [0.2, 0.25) is 0 Å². The number of hydrogen-bond donors (Lipinski definition) is 1. The Balaban J connectivity index is 2.23. The maximum atomic E-state index is 4.47. The lowest BCUT2D eigenvalue weighted by molar-refractivity contribution is 1.09. The van der Waals surface area contributed by atoms with Crippen LogP contribution in [0.5, 0.6) is 0 Å². The first kappa shape index (κ1) is 12.5. The Hall–Kier alpha value is -2.49. The molecule has 20 heavy (non-hydrogen) atoms. The van der Waals surface area contributed by atoms with Crippen molar-refractivity contribution >= 4 is 16.6 Å². The SMILES string of the molecule is CCNc1ncnc(-c2cccc3cnccc23)c1C. The van der Waals surface area contributed by atoms with Crippen LogP contribution in [0.1, 0.15) is 12.5 Å². The third-order valence-corrected chi connectivity index (χ3v) is 3.36. The largest absolute Gasteiger partial charge is 0.370 e. The third-order valence-electron chi connectivity index (χ3n) is 3.36. The highest BCUT2D eigenvalue weighted by molar-refractivity contribution is 5.96. The van der Waals surface area contributed by atoms with Crippen molar-refractivity contribution in [2.45, 2.75) is 13.8 Å². The number of nitrogens with one attached hydrogen (secondary N) is 1. The van der Waals surface area contributed by atoms with Gasteiger partial charge in [0.1, 0.15) is 12.1 Å². The number of nitrogens with zero attached hydrogens (tertiary/aromatic N) is 3. The minimum Gasteiger partial charge on any atom is -0.370 e. The van der Waals surface area contributed by atoms with Crippen molar-refractivity contribution in [2.24, 2.45) is 0 Å². The maximum absolute atomic E-state index is 4.47. The Kier molecular flexibility index (Phi) is 3.29. The van der Waals surface area contributed by atoms with Crippen molar-refractivity contribution in [3.05, 3.63) is 48.5 Å². The van der Waals surface area contributed by atoms with Gasteiger partial charge in [-0.3, -0.25) is 4.98 Å². The summed E-state index contributed by atoms with van der Waals surface area (Å²) in [6, 6.07) is 8.22. The summed E-state index contributed by atoms with van der Waals surface area (Å²) in [7, 11) is 0. The van der Waals surface area contributed by atoms with Gasteiger partial charge in [0.25, 0.3) is 0 Å². The molecule has 1 N–H and O–H groups in total. The fraction of sp³-hybridized carbons (Fsp3) is 0.188. The lowest BCUT2D eigenvalue weighted by atomic mass is 10.0. The van der Waals surface area contributed by atoms with Gasteiger partial charge < -0.3 is 5.32 Å². The number of rotatable bonds is 3. The van der Waals surface area contributed by atoms with Gasteiger partial charge in [-0.15, -0.1) is 0 Å². The molecule has 100 valence electrons. The van der Waals surface area contributed by atoms with Crippen molar-refractivity contribution in [2.75, 3.05) is 11.9 Å². The summed E-state index contributed by atoms with van der Waals surface area (Å²) in [5.74, 6) is 0.892. The highest BCUT2D eigenvalue weighted by atomic mass is 15.0. The molecule has 1 aromatic carbocycles. The number of benzene rings is 1. The van der Waals surface area contributed by atoms with Crippen molar-refractivity contribution in [3.8, 4) is 11.3 Å². The maximum Gasteiger partial charge on any atom is 0.132 e. The van der Waals surface area contributed by atoms with E-state index in [0.29, 0.717) is 0 Å². The van der Waals surface area contributed by atoms with Crippen LogP contribution in [0.2, 0.25) is 0 Å². The molecule has 0 aliphatic rings. The Morgan fingerprint density at radius 1 is 1.15 bits per heavy atom. The van der Waals surface area contributed by atoms with E-state index in [-0.39, 0.29) is 0 Å². The van der Waals surface area contributed by atoms with Gasteiger partial charge in [-0.25, -0.2) is 9.97 Å². The van der Waals surface area contributed by atoms with Crippen LogP contribution in [0.4, 0.5) is 5.82 Å². The zero-order chi connectivity index (χ0) is 13.9. The fourth-order valence-electron chi connectivity index (χ4n) is 2.40. The van der Waals surface area contributed by atoms with Gasteiger partial charge in [0.05, 0.1) is 5.69 Å². The van der Waals surface area contributed by atoms with Crippen LogP contribution < -0.4 is 5.32 Å². The summed E-state index contributed by atoms with van der Waals surface area (Å²) in [4.78, 5) is 12.9. The van der Waals surface area contributed by atoms with E-state index >= 15 is 0 Å². The molecule has 4 heteroatoms. The molecule has 0 amide bonds. The molecule has 0 saturated carbocycles. The highest BCUT2D eigenvalue weighted by Crippen LogP contribution is 2.30. The van der Waals surface area contributed by atoms with Gasteiger partial charge in [-0.2, -0.15) is 0 Å².